The maximum absolute atomic E-state index is 2.41. The molecule has 0 aliphatic heterocycles. The highest BCUT2D eigenvalue weighted by molar-refractivity contribution is 6.23. The molecule has 0 fully saturated rings. The third-order valence-electron chi connectivity index (χ3n) is 7.20. The molecule has 0 aliphatic rings. The van der Waals surface area contributed by atoms with Crippen molar-refractivity contribution in [2.45, 2.75) is 6.92 Å². The number of hydrogen-bond acceptors (Lipinski definition) is 0. The summed E-state index contributed by atoms with van der Waals surface area (Å²) >= 11 is 0. The van der Waals surface area contributed by atoms with Crippen LogP contribution in [0.5, 0.6) is 0 Å². The molecule has 7 aromatic rings. The third-order valence-corrected chi connectivity index (χ3v) is 7.20. The van der Waals surface area contributed by atoms with Crippen molar-refractivity contribution in [3.05, 3.63) is 121 Å². The zero-order chi connectivity index (χ0) is 21.9. The van der Waals surface area contributed by atoms with Gasteiger partial charge in [0.25, 0.3) is 0 Å². The summed E-state index contributed by atoms with van der Waals surface area (Å²) in [4.78, 5) is 0. The fourth-order valence-corrected chi connectivity index (χ4v) is 5.64. The van der Waals surface area contributed by atoms with Gasteiger partial charge in [0.1, 0.15) is 0 Å². The van der Waals surface area contributed by atoms with Crippen molar-refractivity contribution in [1.82, 2.24) is 0 Å². The van der Waals surface area contributed by atoms with E-state index >= 15 is 0 Å². The minimum Gasteiger partial charge on any atom is -0.0616 e. The lowest BCUT2D eigenvalue weighted by atomic mass is 9.85. The summed E-state index contributed by atoms with van der Waals surface area (Å²) < 4.78 is 0. The van der Waals surface area contributed by atoms with E-state index in [9.17, 15) is 0 Å². The fraction of sp³-hybridized carbons (Fsp3) is 0.0303. The highest BCUT2D eigenvalue weighted by atomic mass is 14.2. The van der Waals surface area contributed by atoms with Crippen molar-refractivity contribution in [2.24, 2.45) is 0 Å². The van der Waals surface area contributed by atoms with E-state index in [0.29, 0.717) is 0 Å². The molecule has 7 rings (SSSR count). The van der Waals surface area contributed by atoms with E-state index in [-0.39, 0.29) is 0 Å². The number of aryl methyl sites for hydroxylation is 1. The molecule has 0 heteroatoms. The second kappa shape index (κ2) is 6.92. The predicted octanol–water partition coefficient (Wildman–Crippen LogP) is 9.43. The van der Waals surface area contributed by atoms with E-state index in [4.69, 9.17) is 0 Å². The fourth-order valence-electron chi connectivity index (χ4n) is 5.64. The summed E-state index contributed by atoms with van der Waals surface area (Å²) in [6, 6.07) is 42.4. The lowest BCUT2D eigenvalue weighted by Crippen LogP contribution is -1.91. The summed E-state index contributed by atoms with van der Waals surface area (Å²) in [5.41, 5.74) is 3.99. The number of fused-ring (bicyclic) bond motifs is 6. The lowest BCUT2D eigenvalue weighted by Gasteiger charge is -2.18. The van der Waals surface area contributed by atoms with Crippen LogP contribution in [-0.2, 0) is 0 Å². The summed E-state index contributed by atoms with van der Waals surface area (Å²) in [7, 11) is 0. The van der Waals surface area contributed by atoms with Crippen LogP contribution in [0.25, 0.3) is 65.0 Å². The molecule has 0 amide bonds. The van der Waals surface area contributed by atoms with Gasteiger partial charge in [-0.3, -0.25) is 0 Å². The largest absolute Gasteiger partial charge is 0.0616 e. The monoisotopic (exact) mass is 418 g/mol. The normalized spacial score (nSPS) is 11.8. The highest BCUT2D eigenvalue weighted by Crippen LogP contribution is 2.43. The van der Waals surface area contributed by atoms with E-state index in [1.807, 2.05) is 0 Å². The van der Waals surface area contributed by atoms with E-state index in [2.05, 4.69) is 122 Å². The van der Waals surface area contributed by atoms with Gasteiger partial charge in [0.2, 0.25) is 0 Å². The van der Waals surface area contributed by atoms with Gasteiger partial charge in [0, 0.05) is 0 Å². The van der Waals surface area contributed by atoms with Gasteiger partial charge in [-0.25, -0.2) is 0 Å². The van der Waals surface area contributed by atoms with Crippen LogP contribution in [0, 0.1) is 6.92 Å². The van der Waals surface area contributed by atoms with Gasteiger partial charge in [-0.1, -0.05) is 97.1 Å². The van der Waals surface area contributed by atoms with Crippen molar-refractivity contribution in [3.63, 3.8) is 0 Å². The van der Waals surface area contributed by atoms with Gasteiger partial charge >= 0.3 is 0 Å². The van der Waals surface area contributed by atoms with E-state index in [1.54, 1.807) is 0 Å². The van der Waals surface area contributed by atoms with Crippen LogP contribution in [0.4, 0.5) is 0 Å². The Morgan fingerprint density at radius 3 is 1.48 bits per heavy atom. The minimum absolute atomic E-state index is 1.28. The first-order valence-electron chi connectivity index (χ1n) is 11.5. The van der Waals surface area contributed by atoms with Crippen LogP contribution in [0.15, 0.2) is 115 Å². The number of benzene rings is 7. The summed E-state index contributed by atoms with van der Waals surface area (Å²) in [5.74, 6) is 0. The van der Waals surface area contributed by atoms with Crippen molar-refractivity contribution in [1.29, 1.82) is 0 Å². The van der Waals surface area contributed by atoms with Gasteiger partial charge in [-0.2, -0.15) is 0 Å². The second-order valence-electron chi connectivity index (χ2n) is 8.98. The third kappa shape index (κ3) is 2.64. The Bertz CT molecular complexity index is 1810. The Balaban J connectivity index is 1.73. The number of hydrogen-bond donors (Lipinski definition) is 0. The maximum Gasteiger partial charge on any atom is -0.00202 e. The molecule has 0 radical (unpaired) electrons. The van der Waals surface area contributed by atoms with Crippen LogP contribution >= 0.6 is 0 Å². The Hall–Kier alpha value is -4.16. The van der Waals surface area contributed by atoms with E-state index < -0.39 is 0 Å². The molecule has 0 bridgehead atoms. The zero-order valence-corrected chi connectivity index (χ0v) is 18.5. The van der Waals surface area contributed by atoms with Gasteiger partial charge < -0.3 is 0 Å². The van der Waals surface area contributed by atoms with Crippen molar-refractivity contribution in [3.8, 4) is 11.1 Å². The Morgan fingerprint density at radius 1 is 0.364 bits per heavy atom. The molecule has 7 aromatic carbocycles. The summed E-state index contributed by atoms with van der Waals surface area (Å²) in [6.45, 7) is 2.25. The van der Waals surface area contributed by atoms with Crippen molar-refractivity contribution in [2.75, 3.05) is 0 Å². The molecule has 0 saturated carbocycles. The molecule has 154 valence electrons. The first kappa shape index (κ1) is 18.4. The first-order chi connectivity index (χ1) is 16.3. The zero-order valence-electron chi connectivity index (χ0n) is 18.5. The van der Waals surface area contributed by atoms with Crippen LogP contribution in [0.2, 0.25) is 0 Å². The summed E-state index contributed by atoms with van der Waals surface area (Å²) in [5, 5.41) is 13.1. The highest BCUT2D eigenvalue weighted by Gasteiger charge is 2.16. The summed E-state index contributed by atoms with van der Waals surface area (Å²) in [6.07, 6.45) is 0. The average Bonchev–Trinajstić information content (AvgIpc) is 2.88. The Morgan fingerprint density at radius 2 is 0.848 bits per heavy atom. The molecule has 0 N–H and O–H groups in total. The predicted molar refractivity (Wildman–Crippen MR) is 144 cm³/mol. The van der Waals surface area contributed by atoms with Crippen LogP contribution < -0.4 is 0 Å². The Labute approximate surface area is 192 Å². The van der Waals surface area contributed by atoms with E-state index in [1.165, 1.54) is 70.6 Å². The van der Waals surface area contributed by atoms with Crippen LogP contribution in [-0.4, -0.2) is 0 Å². The number of rotatable bonds is 1. The maximum atomic E-state index is 2.41. The molecule has 0 saturated heterocycles. The van der Waals surface area contributed by atoms with Gasteiger partial charge in [0.15, 0.2) is 0 Å². The van der Waals surface area contributed by atoms with Gasteiger partial charge in [-0.05, 0) is 95.7 Å². The smallest absolute Gasteiger partial charge is 0.00202 e. The lowest BCUT2D eigenvalue weighted by molar-refractivity contribution is 1.58. The molecule has 0 aliphatic carbocycles. The van der Waals surface area contributed by atoms with Gasteiger partial charge in [-0.15, -0.1) is 0 Å². The topological polar surface area (TPSA) is 0 Å². The van der Waals surface area contributed by atoms with Crippen molar-refractivity contribution >= 4 is 53.9 Å². The first-order valence-corrected chi connectivity index (χ1v) is 11.5. The quantitative estimate of drug-likeness (QED) is 0.184. The second-order valence-corrected chi connectivity index (χ2v) is 8.98. The van der Waals surface area contributed by atoms with Crippen molar-refractivity contribution < 1.29 is 0 Å². The van der Waals surface area contributed by atoms with E-state index in [0.717, 1.165) is 0 Å². The molecular formula is C33H22. The SMILES string of the molecule is Cc1c2ccccc2c(-c2cc3cc4ccccc4cc3c3ccccc23)c2ccccc12. The minimum atomic E-state index is 1.28. The molecular weight excluding hydrogens is 396 g/mol. The molecule has 0 aromatic heterocycles. The Kier molecular flexibility index (Phi) is 3.86. The van der Waals surface area contributed by atoms with Crippen LogP contribution in [0.3, 0.4) is 0 Å². The molecule has 0 nitrogen and oxygen atoms in total. The van der Waals surface area contributed by atoms with Crippen LogP contribution in [0.1, 0.15) is 5.56 Å². The molecule has 0 unspecified atom stereocenters. The molecule has 0 spiro atoms. The average molecular weight is 419 g/mol. The standard InChI is InChI=1S/C33H22/c1-21-25-12-4-8-16-29(25)33(30-17-9-5-13-26(21)30)32-20-24-18-22-10-2-3-11-23(22)19-31(24)27-14-6-7-15-28(27)32/h2-20H,1H3. The van der Waals surface area contributed by atoms with Gasteiger partial charge in [0.05, 0.1) is 0 Å². The molecule has 33 heavy (non-hydrogen) atoms. The molecule has 0 atom stereocenters. The molecule has 0 heterocycles.